The van der Waals surface area contributed by atoms with Crippen molar-refractivity contribution in [1.82, 2.24) is 0 Å². The molecule has 0 saturated carbocycles. The number of hydrogen-bond donors (Lipinski definition) is 0. The average molecular weight is 317 g/mol. The van der Waals surface area contributed by atoms with E-state index >= 15 is 0 Å². The Bertz CT molecular complexity index is 485. The Balaban J connectivity index is 1.87. The molecule has 0 fully saturated rings. The van der Waals surface area contributed by atoms with E-state index in [1.165, 1.54) is 44.9 Å². The van der Waals surface area contributed by atoms with Crippen LogP contribution in [0.5, 0.6) is 0 Å². The fraction of sp³-hybridized carbons (Fsp3) is 0.529. The summed E-state index contributed by atoms with van der Waals surface area (Å²) in [5.41, 5.74) is 8.17. The number of fused-ring (bicyclic) bond motifs is 2. The summed E-state index contributed by atoms with van der Waals surface area (Å²) in [7, 11) is 0. The van der Waals surface area contributed by atoms with Crippen LogP contribution in [0.1, 0.15) is 64.9 Å². The van der Waals surface area contributed by atoms with Crippen LogP contribution in [-0.2, 0) is 37.6 Å². The zero-order valence-corrected chi connectivity index (χ0v) is 13.7. The van der Waals surface area contributed by atoms with Crippen LogP contribution >= 0.6 is 0 Å². The molecule has 0 bridgehead atoms. The van der Waals surface area contributed by atoms with Crippen LogP contribution in [0.2, 0.25) is 0 Å². The van der Waals surface area contributed by atoms with Crippen LogP contribution < -0.4 is 0 Å². The molecular formula is C17H21Zr. The second-order valence-electron chi connectivity index (χ2n) is 5.69. The van der Waals surface area contributed by atoms with Crippen LogP contribution in [-0.4, -0.2) is 0 Å². The fourth-order valence-corrected chi connectivity index (χ4v) is 4.42. The number of hydrogen-bond acceptors (Lipinski definition) is 0. The predicted molar refractivity (Wildman–Crippen MR) is 73.3 cm³/mol. The molecule has 0 aliphatic heterocycles. The van der Waals surface area contributed by atoms with Gasteiger partial charge in [0, 0.05) is 0 Å². The summed E-state index contributed by atoms with van der Waals surface area (Å²) >= 11 is 1.65. The van der Waals surface area contributed by atoms with Crippen molar-refractivity contribution < 1.29 is 24.7 Å². The first-order valence-corrected chi connectivity index (χ1v) is 8.79. The third kappa shape index (κ3) is 2.31. The Kier molecular flexibility index (Phi) is 3.89. The molecule has 0 saturated heterocycles. The van der Waals surface area contributed by atoms with E-state index in [1.807, 2.05) is 0 Å². The molecule has 1 unspecified atom stereocenters. The van der Waals surface area contributed by atoms with Gasteiger partial charge < -0.3 is 0 Å². The van der Waals surface area contributed by atoms with Crippen LogP contribution in [0.4, 0.5) is 0 Å². The van der Waals surface area contributed by atoms with Gasteiger partial charge in [0.05, 0.1) is 0 Å². The Hall–Kier alpha value is -0.157. The molecule has 1 heteroatoms. The summed E-state index contributed by atoms with van der Waals surface area (Å²) in [5, 5.41) is 0. The average Bonchev–Trinajstić information content (AvgIpc) is 2.93. The minimum atomic E-state index is 0.731. The zero-order valence-electron chi connectivity index (χ0n) is 11.3. The van der Waals surface area contributed by atoms with Crippen LogP contribution in [0.15, 0.2) is 18.2 Å². The van der Waals surface area contributed by atoms with Gasteiger partial charge >= 0.3 is 126 Å². The van der Waals surface area contributed by atoms with Gasteiger partial charge in [0.1, 0.15) is 0 Å². The van der Waals surface area contributed by atoms with Crippen LogP contribution in [0.3, 0.4) is 0 Å². The normalized spacial score (nSPS) is 20.7. The molecule has 0 nitrogen and oxygen atoms in total. The van der Waals surface area contributed by atoms with Crippen molar-refractivity contribution >= 4 is 5.57 Å². The van der Waals surface area contributed by atoms with Gasteiger partial charge in [-0.05, 0) is 0 Å². The standard InChI is InChI=1S/C17H21.Zr/c1-2-3-4-6-13-9-10-16-11-14-7-5-8-15(14)12-17(13)16;/h9-12H,2-8H2,1H3;. The molecule has 0 radical (unpaired) electrons. The first-order valence-electron chi connectivity index (χ1n) is 7.37. The molecule has 3 rings (SSSR count). The summed E-state index contributed by atoms with van der Waals surface area (Å²) < 4.78 is 0.731. The van der Waals surface area contributed by atoms with Gasteiger partial charge in [0.2, 0.25) is 0 Å². The summed E-state index contributed by atoms with van der Waals surface area (Å²) in [6.07, 6.45) is 11.9. The SMILES string of the molecule is CCCCCC1=C[CH]([Zr])c2cc3c(cc21)CCC3. The second-order valence-corrected chi connectivity index (χ2v) is 7.22. The molecule has 0 heterocycles. The van der Waals surface area contributed by atoms with E-state index in [2.05, 4.69) is 25.1 Å². The number of aryl methyl sites for hydroxylation is 2. The van der Waals surface area contributed by atoms with E-state index in [4.69, 9.17) is 0 Å². The molecule has 1 atom stereocenters. The van der Waals surface area contributed by atoms with Crippen LogP contribution in [0.25, 0.3) is 5.57 Å². The number of unbranched alkanes of at least 4 members (excludes halogenated alkanes) is 2. The zero-order chi connectivity index (χ0) is 12.5. The van der Waals surface area contributed by atoms with E-state index in [1.54, 1.807) is 52.5 Å². The van der Waals surface area contributed by atoms with Crippen molar-refractivity contribution in [2.45, 2.75) is 55.5 Å². The van der Waals surface area contributed by atoms with Gasteiger partial charge in [-0.3, -0.25) is 0 Å². The molecule has 1 aromatic rings. The number of benzene rings is 1. The topological polar surface area (TPSA) is 0 Å². The summed E-state index contributed by atoms with van der Waals surface area (Å²) in [5.74, 6) is 0. The predicted octanol–water partition coefficient (Wildman–Crippen LogP) is 4.74. The molecule has 0 aromatic heterocycles. The van der Waals surface area contributed by atoms with Crippen molar-refractivity contribution in [2.24, 2.45) is 0 Å². The number of rotatable bonds is 4. The molecular weight excluding hydrogens is 295 g/mol. The second kappa shape index (κ2) is 5.45. The molecule has 18 heavy (non-hydrogen) atoms. The Morgan fingerprint density at radius 2 is 1.94 bits per heavy atom. The maximum absolute atomic E-state index is 2.55. The van der Waals surface area contributed by atoms with E-state index in [9.17, 15) is 0 Å². The fourth-order valence-electron chi connectivity index (χ4n) is 3.34. The third-order valence-corrected chi connectivity index (χ3v) is 5.54. The summed E-state index contributed by atoms with van der Waals surface area (Å²) in [6.45, 7) is 2.29. The van der Waals surface area contributed by atoms with Crippen molar-refractivity contribution in [3.63, 3.8) is 0 Å². The molecule has 1 aromatic carbocycles. The molecule has 0 N–H and O–H groups in total. The van der Waals surface area contributed by atoms with Gasteiger partial charge in [-0.15, -0.1) is 0 Å². The molecule has 0 spiro atoms. The van der Waals surface area contributed by atoms with Crippen LogP contribution in [0, 0.1) is 0 Å². The first kappa shape index (κ1) is 12.9. The van der Waals surface area contributed by atoms with E-state index < -0.39 is 0 Å². The maximum atomic E-state index is 2.55. The third-order valence-electron chi connectivity index (χ3n) is 4.36. The minimum absolute atomic E-state index is 0.731. The van der Waals surface area contributed by atoms with Crippen molar-refractivity contribution in [2.75, 3.05) is 0 Å². The quantitative estimate of drug-likeness (QED) is 0.704. The van der Waals surface area contributed by atoms with Gasteiger partial charge in [-0.2, -0.15) is 0 Å². The Morgan fingerprint density at radius 3 is 2.72 bits per heavy atom. The van der Waals surface area contributed by atoms with Crippen molar-refractivity contribution in [3.8, 4) is 0 Å². The Morgan fingerprint density at radius 1 is 1.17 bits per heavy atom. The molecule has 2 aliphatic carbocycles. The molecule has 93 valence electrons. The van der Waals surface area contributed by atoms with Crippen molar-refractivity contribution in [3.05, 3.63) is 40.5 Å². The van der Waals surface area contributed by atoms with Gasteiger partial charge in [-0.25, -0.2) is 0 Å². The first-order chi connectivity index (χ1) is 8.79. The van der Waals surface area contributed by atoms with Gasteiger partial charge in [-0.1, -0.05) is 0 Å². The number of allylic oxidation sites excluding steroid dienone is 2. The van der Waals surface area contributed by atoms with Gasteiger partial charge in [0.15, 0.2) is 0 Å². The summed E-state index contributed by atoms with van der Waals surface area (Å²) in [4.78, 5) is 0. The van der Waals surface area contributed by atoms with E-state index in [0.29, 0.717) is 0 Å². The Labute approximate surface area is 126 Å². The van der Waals surface area contributed by atoms with E-state index in [0.717, 1.165) is 3.63 Å². The summed E-state index contributed by atoms with van der Waals surface area (Å²) in [6, 6.07) is 5.06. The van der Waals surface area contributed by atoms with Gasteiger partial charge in [0.25, 0.3) is 0 Å². The monoisotopic (exact) mass is 315 g/mol. The van der Waals surface area contributed by atoms with E-state index in [-0.39, 0.29) is 0 Å². The molecule has 2 aliphatic rings. The molecule has 0 amide bonds. The van der Waals surface area contributed by atoms with Crippen molar-refractivity contribution in [1.29, 1.82) is 0 Å².